The Hall–Kier alpha value is -3.24. The molecule has 0 aliphatic heterocycles. The minimum Gasteiger partial charge on any atom is -0.387 e. The molecule has 0 spiro atoms. The van der Waals surface area contributed by atoms with Gasteiger partial charge in [-0.1, -0.05) is 48.9 Å². The van der Waals surface area contributed by atoms with Gasteiger partial charge in [-0.05, 0) is 73.0 Å². The third-order valence-electron chi connectivity index (χ3n) is 5.51. The van der Waals surface area contributed by atoms with Crippen LogP contribution in [0.1, 0.15) is 47.4 Å². The lowest BCUT2D eigenvalue weighted by molar-refractivity contribution is -0.149. The van der Waals surface area contributed by atoms with Crippen LogP contribution in [0.3, 0.4) is 0 Å². The van der Waals surface area contributed by atoms with E-state index in [0.29, 0.717) is 31.0 Å². The van der Waals surface area contributed by atoms with Crippen LogP contribution in [0.4, 0.5) is 0 Å². The van der Waals surface area contributed by atoms with E-state index in [1.165, 1.54) is 36.4 Å². The van der Waals surface area contributed by atoms with Crippen molar-refractivity contribution in [1.29, 1.82) is 0 Å². The van der Waals surface area contributed by atoms with E-state index >= 15 is 0 Å². The van der Waals surface area contributed by atoms with Crippen LogP contribution < -0.4 is 10.8 Å². The molecule has 0 fully saturated rings. The van der Waals surface area contributed by atoms with Crippen molar-refractivity contribution in [2.24, 2.45) is 0 Å². The Morgan fingerprint density at radius 2 is 1.73 bits per heavy atom. The van der Waals surface area contributed by atoms with Crippen molar-refractivity contribution in [2.45, 2.75) is 42.1 Å². The van der Waals surface area contributed by atoms with Gasteiger partial charge in [-0.25, -0.2) is 13.2 Å². The Morgan fingerprint density at radius 1 is 1.00 bits per heavy atom. The highest BCUT2D eigenvalue weighted by atomic mass is 35.5. The van der Waals surface area contributed by atoms with Crippen LogP contribution in [0.25, 0.3) is 0 Å². The zero-order valence-electron chi connectivity index (χ0n) is 20.3. The van der Waals surface area contributed by atoms with Gasteiger partial charge in [0.15, 0.2) is 0 Å². The van der Waals surface area contributed by atoms with Gasteiger partial charge in [0.25, 0.3) is 5.91 Å². The SMILES string of the molecule is CCCC(=O)ONC(=O)c1cccc(S(=O)(=O)c2ccc(CCNC[C@H](O)c3cccc(Cl)c3)cc2)c1. The Balaban J connectivity index is 1.56. The minimum atomic E-state index is -3.87. The average Bonchev–Trinajstić information content (AvgIpc) is 2.90. The van der Waals surface area contributed by atoms with Crippen LogP contribution in [0.5, 0.6) is 0 Å². The zero-order valence-corrected chi connectivity index (χ0v) is 21.9. The van der Waals surface area contributed by atoms with E-state index in [2.05, 4.69) is 5.32 Å². The maximum Gasteiger partial charge on any atom is 0.332 e. The number of hydroxylamine groups is 1. The first-order chi connectivity index (χ1) is 17.7. The summed E-state index contributed by atoms with van der Waals surface area (Å²) in [5, 5.41) is 14.0. The van der Waals surface area contributed by atoms with Crippen LogP contribution in [-0.4, -0.2) is 38.5 Å². The third-order valence-corrected chi connectivity index (χ3v) is 7.52. The molecule has 8 nitrogen and oxygen atoms in total. The Morgan fingerprint density at radius 3 is 2.43 bits per heavy atom. The first-order valence-corrected chi connectivity index (χ1v) is 13.6. The topological polar surface area (TPSA) is 122 Å². The number of sulfone groups is 1. The zero-order chi connectivity index (χ0) is 26.8. The van der Waals surface area contributed by atoms with Crippen molar-refractivity contribution < 1.29 is 28.0 Å². The van der Waals surface area contributed by atoms with E-state index in [1.54, 1.807) is 37.3 Å². The van der Waals surface area contributed by atoms with E-state index in [1.807, 2.05) is 11.5 Å². The second-order valence-corrected chi connectivity index (χ2v) is 10.7. The normalized spacial score (nSPS) is 12.1. The van der Waals surface area contributed by atoms with Crippen LogP contribution >= 0.6 is 11.6 Å². The van der Waals surface area contributed by atoms with Gasteiger partial charge >= 0.3 is 5.97 Å². The monoisotopic (exact) mass is 544 g/mol. The Kier molecular flexibility index (Phi) is 10.2. The summed E-state index contributed by atoms with van der Waals surface area (Å²) in [6, 6.07) is 19.1. The fourth-order valence-electron chi connectivity index (χ4n) is 3.50. The van der Waals surface area contributed by atoms with Crippen molar-refractivity contribution in [3.63, 3.8) is 0 Å². The largest absolute Gasteiger partial charge is 0.387 e. The van der Waals surface area contributed by atoms with Gasteiger partial charge < -0.3 is 15.3 Å². The molecule has 37 heavy (non-hydrogen) atoms. The molecular formula is C27H29ClN2O6S. The molecule has 10 heteroatoms. The molecule has 0 radical (unpaired) electrons. The molecule has 0 unspecified atom stereocenters. The molecule has 3 aromatic rings. The van der Waals surface area contributed by atoms with Gasteiger partial charge in [0.05, 0.1) is 15.9 Å². The molecular weight excluding hydrogens is 516 g/mol. The molecule has 0 aliphatic carbocycles. The molecule has 196 valence electrons. The summed E-state index contributed by atoms with van der Waals surface area (Å²) >= 11 is 5.96. The highest BCUT2D eigenvalue weighted by Gasteiger charge is 2.20. The molecule has 0 saturated heterocycles. The van der Waals surface area contributed by atoms with Gasteiger partial charge in [-0.2, -0.15) is 5.48 Å². The fraction of sp³-hybridized carbons (Fsp3) is 0.259. The number of carbonyl (C=O) groups is 2. The number of aliphatic hydroxyl groups excluding tert-OH is 1. The fourth-order valence-corrected chi connectivity index (χ4v) is 5.00. The summed E-state index contributed by atoms with van der Waals surface area (Å²) in [7, 11) is -3.87. The Bertz CT molecular complexity index is 1330. The average molecular weight is 545 g/mol. The maximum absolute atomic E-state index is 13.1. The lowest BCUT2D eigenvalue weighted by Crippen LogP contribution is -2.27. The molecule has 3 aromatic carbocycles. The quantitative estimate of drug-likeness (QED) is 0.246. The smallest absolute Gasteiger partial charge is 0.332 e. The first kappa shape index (κ1) is 28.3. The number of halogens is 1. The van der Waals surface area contributed by atoms with Crippen molar-refractivity contribution in [2.75, 3.05) is 13.1 Å². The van der Waals surface area contributed by atoms with Gasteiger partial charge in [0.2, 0.25) is 9.84 Å². The predicted octanol–water partition coefficient (Wildman–Crippen LogP) is 4.03. The van der Waals surface area contributed by atoms with E-state index in [0.717, 1.165) is 11.1 Å². The third kappa shape index (κ3) is 8.13. The number of nitrogens with one attached hydrogen (secondary N) is 2. The first-order valence-electron chi connectivity index (χ1n) is 11.8. The van der Waals surface area contributed by atoms with E-state index in [-0.39, 0.29) is 21.8 Å². The standard InChI is InChI=1S/C27H29ClN2O6S/c1-2-5-26(32)36-30-27(33)21-7-4-9-24(17-21)37(34,35)23-12-10-19(11-13-23)14-15-29-18-25(31)20-6-3-8-22(28)16-20/h3-4,6-13,16-17,25,29,31H,2,5,14-15,18H2,1H3,(H,30,33)/t25-/m0/s1. The summed E-state index contributed by atoms with van der Waals surface area (Å²) in [5.74, 6) is -1.29. The lowest BCUT2D eigenvalue weighted by atomic mass is 10.1. The van der Waals surface area contributed by atoms with E-state index in [4.69, 9.17) is 16.4 Å². The number of aliphatic hydroxyl groups is 1. The van der Waals surface area contributed by atoms with Crippen LogP contribution in [0.15, 0.2) is 82.6 Å². The number of rotatable bonds is 11. The van der Waals surface area contributed by atoms with Crippen LogP contribution in [0.2, 0.25) is 5.02 Å². The second kappa shape index (κ2) is 13.3. The molecule has 3 N–H and O–H groups in total. The molecule has 0 saturated carbocycles. The summed E-state index contributed by atoms with van der Waals surface area (Å²) in [6.45, 7) is 2.74. The molecule has 1 atom stereocenters. The number of hydrogen-bond donors (Lipinski definition) is 3. The van der Waals surface area contributed by atoms with E-state index in [9.17, 15) is 23.1 Å². The number of benzene rings is 3. The summed E-state index contributed by atoms with van der Waals surface area (Å²) in [5.41, 5.74) is 3.74. The van der Waals surface area contributed by atoms with Crippen molar-refractivity contribution >= 4 is 33.3 Å². The van der Waals surface area contributed by atoms with Crippen molar-refractivity contribution in [3.05, 3.63) is 94.5 Å². The predicted molar refractivity (Wildman–Crippen MR) is 140 cm³/mol. The summed E-state index contributed by atoms with van der Waals surface area (Å²) < 4.78 is 26.2. The number of hydrogen-bond acceptors (Lipinski definition) is 7. The number of carbonyl (C=O) groups excluding carboxylic acids is 2. The molecule has 3 rings (SSSR count). The maximum atomic E-state index is 13.1. The minimum absolute atomic E-state index is 0.0491. The van der Waals surface area contributed by atoms with E-state index < -0.39 is 27.8 Å². The molecule has 0 bridgehead atoms. The highest BCUT2D eigenvalue weighted by Crippen LogP contribution is 2.22. The van der Waals surface area contributed by atoms with Gasteiger partial charge in [0.1, 0.15) is 0 Å². The number of amides is 1. The lowest BCUT2D eigenvalue weighted by Gasteiger charge is -2.13. The highest BCUT2D eigenvalue weighted by molar-refractivity contribution is 7.91. The van der Waals surface area contributed by atoms with Gasteiger partial charge in [-0.3, -0.25) is 4.79 Å². The van der Waals surface area contributed by atoms with Gasteiger partial charge in [-0.15, -0.1) is 0 Å². The van der Waals surface area contributed by atoms with Crippen LogP contribution in [-0.2, 0) is 25.9 Å². The molecule has 0 aliphatic rings. The summed E-state index contributed by atoms with van der Waals surface area (Å²) in [6.07, 6.45) is 0.679. The second-order valence-electron chi connectivity index (χ2n) is 8.36. The van der Waals surface area contributed by atoms with Crippen molar-refractivity contribution in [3.8, 4) is 0 Å². The Labute approximate surface area is 221 Å². The molecule has 0 aromatic heterocycles. The van der Waals surface area contributed by atoms with Crippen molar-refractivity contribution in [1.82, 2.24) is 10.8 Å². The molecule has 0 heterocycles. The van der Waals surface area contributed by atoms with Crippen LogP contribution in [0, 0.1) is 0 Å². The van der Waals surface area contributed by atoms with Gasteiger partial charge in [0, 0.05) is 23.6 Å². The summed E-state index contributed by atoms with van der Waals surface area (Å²) in [4.78, 5) is 28.4. The molecule has 1 amide bonds.